The minimum atomic E-state index is -0.0589. The molecule has 0 radical (unpaired) electrons. The van der Waals surface area contributed by atoms with Crippen LogP contribution in [0.2, 0.25) is 0 Å². The molecule has 2 heterocycles. The maximum atomic E-state index is 4.98. The molecular formula is C17H26N4. The number of hydrogen-bond donors (Lipinski definition) is 1. The second-order valence-electron chi connectivity index (χ2n) is 7.39. The molecule has 0 bridgehead atoms. The van der Waals surface area contributed by atoms with Crippen molar-refractivity contribution in [1.82, 2.24) is 20.2 Å². The van der Waals surface area contributed by atoms with Crippen LogP contribution in [0.4, 0.5) is 0 Å². The lowest BCUT2D eigenvalue weighted by molar-refractivity contribution is 0.0943. The first kappa shape index (κ1) is 13.6. The molecule has 2 saturated carbocycles. The van der Waals surface area contributed by atoms with Crippen molar-refractivity contribution in [1.29, 1.82) is 0 Å². The SMILES string of the molecule is CC(C)(c1nc(C2CC2)cc(C2CC2)n1)N1CCNCC1. The fourth-order valence-electron chi connectivity index (χ4n) is 3.30. The molecule has 1 aromatic heterocycles. The van der Waals surface area contributed by atoms with Gasteiger partial charge in [-0.15, -0.1) is 0 Å². The van der Waals surface area contributed by atoms with E-state index in [1.54, 1.807) is 0 Å². The van der Waals surface area contributed by atoms with Crippen LogP contribution in [0.25, 0.3) is 0 Å². The Morgan fingerprint density at radius 2 is 1.52 bits per heavy atom. The second kappa shape index (κ2) is 5.03. The quantitative estimate of drug-likeness (QED) is 0.922. The van der Waals surface area contributed by atoms with E-state index >= 15 is 0 Å². The maximum Gasteiger partial charge on any atom is 0.148 e. The molecule has 1 aromatic rings. The number of piperazine rings is 1. The van der Waals surface area contributed by atoms with Gasteiger partial charge < -0.3 is 5.32 Å². The largest absolute Gasteiger partial charge is 0.314 e. The standard InChI is InChI=1S/C17H26N4/c1-17(2,21-9-7-18-8-10-21)16-19-14(12-3-4-12)11-15(20-16)13-5-6-13/h11-13,18H,3-10H2,1-2H3. The first-order chi connectivity index (χ1) is 10.1. The van der Waals surface area contributed by atoms with Crippen molar-refractivity contribution in [2.24, 2.45) is 0 Å². The summed E-state index contributed by atoms with van der Waals surface area (Å²) in [5, 5.41) is 3.44. The van der Waals surface area contributed by atoms with Crippen LogP contribution in [0.5, 0.6) is 0 Å². The summed E-state index contributed by atoms with van der Waals surface area (Å²) in [6.07, 6.45) is 5.26. The Hall–Kier alpha value is -1.00. The minimum absolute atomic E-state index is 0.0589. The van der Waals surface area contributed by atoms with E-state index in [9.17, 15) is 0 Å². The van der Waals surface area contributed by atoms with Crippen LogP contribution < -0.4 is 5.32 Å². The average Bonchev–Trinajstić information content (AvgIpc) is 3.41. The van der Waals surface area contributed by atoms with Gasteiger partial charge in [0.1, 0.15) is 5.82 Å². The van der Waals surface area contributed by atoms with Gasteiger partial charge in [-0.05, 0) is 45.6 Å². The van der Waals surface area contributed by atoms with Gasteiger partial charge in [-0.1, -0.05) is 0 Å². The molecule has 0 aromatic carbocycles. The van der Waals surface area contributed by atoms with E-state index in [4.69, 9.17) is 9.97 Å². The molecular weight excluding hydrogens is 260 g/mol. The number of rotatable bonds is 4. The van der Waals surface area contributed by atoms with Crippen molar-refractivity contribution < 1.29 is 0 Å². The molecule has 0 amide bonds. The van der Waals surface area contributed by atoms with Crippen LogP contribution in [0.1, 0.15) is 68.6 Å². The van der Waals surface area contributed by atoms with Crippen LogP contribution >= 0.6 is 0 Å². The fourth-order valence-corrected chi connectivity index (χ4v) is 3.30. The lowest BCUT2D eigenvalue weighted by Gasteiger charge is -2.40. The second-order valence-corrected chi connectivity index (χ2v) is 7.39. The highest BCUT2D eigenvalue weighted by molar-refractivity contribution is 5.25. The highest BCUT2D eigenvalue weighted by Gasteiger charge is 2.36. The zero-order valence-electron chi connectivity index (χ0n) is 13.2. The molecule has 114 valence electrons. The highest BCUT2D eigenvalue weighted by atomic mass is 15.3. The van der Waals surface area contributed by atoms with Gasteiger partial charge in [-0.3, -0.25) is 4.90 Å². The summed E-state index contributed by atoms with van der Waals surface area (Å²) >= 11 is 0. The molecule has 1 N–H and O–H groups in total. The van der Waals surface area contributed by atoms with Crippen molar-refractivity contribution in [3.8, 4) is 0 Å². The summed E-state index contributed by atoms with van der Waals surface area (Å²) in [5.74, 6) is 2.47. The molecule has 0 atom stereocenters. The van der Waals surface area contributed by atoms with E-state index in [0.717, 1.165) is 32.0 Å². The smallest absolute Gasteiger partial charge is 0.148 e. The Bertz CT molecular complexity index is 495. The summed E-state index contributed by atoms with van der Waals surface area (Å²) in [7, 11) is 0. The minimum Gasteiger partial charge on any atom is -0.314 e. The topological polar surface area (TPSA) is 41.1 Å². The molecule has 4 rings (SSSR count). The molecule has 3 aliphatic rings. The first-order valence-electron chi connectivity index (χ1n) is 8.50. The molecule has 1 saturated heterocycles. The number of nitrogens with zero attached hydrogens (tertiary/aromatic N) is 3. The van der Waals surface area contributed by atoms with Crippen LogP contribution in [0.3, 0.4) is 0 Å². The fraction of sp³-hybridized carbons (Fsp3) is 0.765. The van der Waals surface area contributed by atoms with Gasteiger partial charge in [0.2, 0.25) is 0 Å². The van der Waals surface area contributed by atoms with Crippen molar-refractivity contribution in [3.63, 3.8) is 0 Å². The van der Waals surface area contributed by atoms with E-state index in [0.29, 0.717) is 11.8 Å². The Morgan fingerprint density at radius 3 is 2.00 bits per heavy atom. The summed E-state index contributed by atoms with van der Waals surface area (Å²) in [6, 6.07) is 2.30. The Balaban J connectivity index is 1.68. The Morgan fingerprint density at radius 1 is 1.00 bits per heavy atom. The lowest BCUT2D eigenvalue weighted by Crippen LogP contribution is -2.52. The van der Waals surface area contributed by atoms with Gasteiger partial charge in [0.15, 0.2) is 0 Å². The monoisotopic (exact) mass is 286 g/mol. The van der Waals surface area contributed by atoms with Crippen molar-refractivity contribution in [2.45, 2.75) is 56.9 Å². The average molecular weight is 286 g/mol. The zero-order chi connectivity index (χ0) is 14.4. The molecule has 0 spiro atoms. The van der Waals surface area contributed by atoms with E-state index in [2.05, 4.69) is 30.1 Å². The predicted molar refractivity (Wildman–Crippen MR) is 83.5 cm³/mol. The highest BCUT2D eigenvalue weighted by Crippen LogP contribution is 2.44. The van der Waals surface area contributed by atoms with E-state index < -0.39 is 0 Å². The van der Waals surface area contributed by atoms with Crippen molar-refractivity contribution in [3.05, 3.63) is 23.3 Å². The third-order valence-electron chi connectivity index (χ3n) is 5.21. The number of hydrogen-bond acceptors (Lipinski definition) is 4. The molecule has 1 aliphatic heterocycles. The summed E-state index contributed by atoms with van der Waals surface area (Å²) in [4.78, 5) is 12.5. The number of aromatic nitrogens is 2. The van der Waals surface area contributed by atoms with Gasteiger partial charge in [0, 0.05) is 49.4 Å². The van der Waals surface area contributed by atoms with Gasteiger partial charge in [-0.2, -0.15) is 0 Å². The van der Waals surface area contributed by atoms with E-state index in [1.165, 1.54) is 37.1 Å². The van der Waals surface area contributed by atoms with Gasteiger partial charge in [0.25, 0.3) is 0 Å². The van der Waals surface area contributed by atoms with Crippen LogP contribution in [0.15, 0.2) is 6.07 Å². The van der Waals surface area contributed by atoms with E-state index in [1.807, 2.05) is 0 Å². The predicted octanol–water partition coefficient (Wildman–Crippen LogP) is 2.37. The summed E-state index contributed by atoms with van der Waals surface area (Å²) < 4.78 is 0. The molecule has 4 heteroatoms. The van der Waals surface area contributed by atoms with Crippen LogP contribution in [0, 0.1) is 0 Å². The molecule has 3 fully saturated rings. The Kier molecular flexibility index (Phi) is 3.27. The molecule has 4 nitrogen and oxygen atoms in total. The van der Waals surface area contributed by atoms with Crippen molar-refractivity contribution >= 4 is 0 Å². The molecule has 0 unspecified atom stereocenters. The normalized spacial score (nSPS) is 24.3. The van der Waals surface area contributed by atoms with Gasteiger partial charge in [0.05, 0.1) is 5.54 Å². The lowest BCUT2D eigenvalue weighted by atomic mass is 9.99. The molecule has 2 aliphatic carbocycles. The summed E-state index contributed by atoms with van der Waals surface area (Å²) in [6.45, 7) is 8.90. The van der Waals surface area contributed by atoms with Crippen LogP contribution in [-0.4, -0.2) is 41.0 Å². The third kappa shape index (κ3) is 2.71. The van der Waals surface area contributed by atoms with Crippen molar-refractivity contribution in [2.75, 3.05) is 26.2 Å². The third-order valence-corrected chi connectivity index (χ3v) is 5.21. The van der Waals surface area contributed by atoms with Gasteiger partial charge in [-0.25, -0.2) is 9.97 Å². The van der Waals surface area contributed by atoms with E-state index in [-0.39, 0.29) is 5.54 Å². The van der Waals surface area contributed by atoms with Crippen LogP contribution in [-0.2, 0) is 5.54 Å². The Labute approximate surface area is 127 Å². The molecule has 21 heavy (non-hydrogen) atoms. The first-order valence-corrected chi connectivity index (χ1v) is 8.50. The summed E-state index contributed by atoms with van der Waals surface area (Å²) in [5.41, 5.74) is 2.56. The number of nitrogens with one attached hydrogen (secondary N) is 1. The van der Waals surface area contributed by atoms with Gasteiger partial charge >= 0.3 is 0 Å². The zero-order valence-corrected chi connectivity index (χ0v) is 13.2. The maximum absolute atomic E-state index is 4.98.